The molecule has 0 amide bonds. The summed E-state index contributed by atoms with van der Waals surface area (Å²) < 4.78 is 0. The average molecular weight is 175 g/mol. The van der Waals surface area contributed by atoms with Gasteiger partial charge in [0.25, 0.3) is 0 Å². The quantitative estimate of drug-likeness (QED) is 0.605. The summed E-state index contributed by atoms with van der Waals surface area (Å²) in [5.74, 6) is 0.540. The van der Waals surface area contributed by atoms with Gasteiger partial charge < -0.3 is 0 Å². The van der Waals surface area contributed by atoms with Crippen LogP contribution in [0.1, 0.15) is 37.8 Å². The van der Waals surface area contributed by atoms with Crippen LogP contribution in [-0.2, 0) is 0 Å². The molecule has 70 valence electrons. The molecule has 0 unspecified atom stereocenters. The van der Waals surface area contributed by atoms with Gasteiger partial charge in [-0.05, 0) is 30.9 Å². The van der Waals surface area contributed by atoms with Crippen LogP contribution >= 0.6 is 0 Å². The lowest BCUT2D eigenvalue weighted by Crippen LogP contribution is -1.89. The molecule has 1 aromatic rings. The summed E-state index contributed by atoms with van der Waals surface area (Å²) in [7, 11) is 0. The fraction of sp³-hybridized carbons (Fsp3) is 0.417. The van der Waals surface area contributed by atoms with Gasteiger partial charge in [0.1, 0.15) is 0 Å². The Morgan fingerprint density at radius 2 is 2.00 bits per heavy atom. The maximum absolute atomic E-state index is 4.40. The summed E-state index contributed by atoms with van der Waals surface area (Å²) in [4.78, 5) is 4.40. The van der Waals surface area contributed by atoms with Gasteiger partial charge in [-0.2, -0.15) is 0 Å². The predicted molar refractivity (Wildman–Crippen MR) is 59.1 cm³/mol. The number of aliphatic imine (C=N–C) groups is 1. The van der Waals surface area contributed by atoms with Crippen molar-refractivity contribution in [1.82, 2.24) is 0 Å². The lowest BCUT2D eigenvalue weighted by atomic mass is 9.98. The molecule has 0 fully saturated rings. The highest BCUT2D eigenvalue weighted by molar-refractivity contribution is 5.65. The first-order valence-corrected chi connectivity index (χ1v) is 4.75. The fourth-order valence-corrected chi connectivity index (χ4v) is 1.45. The van der Waals surface area contributed by atoms with Crippen molar-refractivity contribution >= 4 is 11.9 Å². The molecule has 1 rings (SSSR count). The van der Waals surface area contributed by atoms with Crippen LogP contribution in [0.5, 0.6) is 0 Å². The normalized spacial score (nSPS) is 11.5. The van der Waals surface area contributed by atoms with Crippen molar-refractivity contribution in [2.24, 2.45) is 4.99 Å². The lowest BCUT2D eigenvalue weighted by molar-refractivity contribution is 0.865. The lowest BCUT2D eigenvalue weighted by Gasteiger charge is -2.10. The fourth-order valence-electron chi connectivity index (χ4n) is 1.45. The van der Waals surface area contributed by atoms with Gasteiger partial charge >= 0.3 is 0 Å². The van der Waals surface area contributed by atoms with E-state index in [1.54, 1.807) is 0 Å². The Labute approximate surface area is 80.5 Å². The summed E-state index contributed by atoms with van der Waals surface area (Å²) in [6, 6.07) is 6.35. The highest BCUT2D eigenvalue weighted by atomic mass is 14.7. The van der Waals surface area contributed by atoms with Gasteiger partial charge in [0.2, 0.25) is 0 Å². The Morgan fingerprint density at radius 1 is 1.31 bits per heavy atom. The minimum Gasteiger partial charge on any atom is -0.261 e. The zero-order valence-corrected chi connectivity index (χ0v) is 8.83. The van der Waals surface area contributed by atoms with Crippen LogP contribution in [0.25, 0.3) is 0 Å². The topological polar surface area (TPSA) is 12.4 Å². The molecule has 1 aromatic carbocycles. The Kier molecular flexibility index (Phi) is 3.24. The van der Waals surface area contributed by atoms with Gasteiger partial charge in [0.05, 0.1) is 5.69 Å². The molecule has 0 aliphatic carbocycles. The molecule has 1 heteroatoms. The molecule has 0 heterocycles. The summed E-state index contributed by atoms with van der Waals surface area (Å²) in [5.41, 5.74) is 3.72. The minimum atomic E-state index is 0.540. The molecule has 0 aliphatic rings. The summed E-state index contributed by atoms with van der Waals surface area (Å²) >= 11 is 0. The third kappa shape index (κ3) is 2.18. The molecule has 0 atom stereocenters. The number of rotatable bonds is 2. The van der Waals surface area contributed by atoms with Crippen LogP contribution in [0, 0.1) is 6.92 Å². The summed E-state index contributed by atoms with van der Waals surface area (Å²) in [6.07, 6.45) is 1.86. The van der Waals surface area contributed by atoms with Gasteiger partial charge in [0, 0.05) is 6.21 Å². The number of hydrogen-bond donors (Lipinski definition) is 0. The van der Waals surface area contributed by atoms with Crippen molar-refractivity contribution in [1.29, 1.82) is 0 Å². The van der Waals surface area contributed by atoms with Crippen molar-refractivity contribution < 1.29 is 0 Å². The number of para-hydroxylation sites is 1. The maximum Gasteiger partial charge on any atom is 0.0689 e. The number of hydrogen-bond acceptors (Lipinski definition) is 1. The second-order valence-corrected chi connectivity index (χ2v) is 3.55. The zero-order chi connectivity index (χ0) is 9.84. The minimum absolute atomic E-state index is 0.540. The van der Waals surface area contributed by atoms with E-state index < -0.39 is 0 Å². The van der Waals surface area contributed by atoms with E-state index in [1.165, 1.54) is 11.1 Å². The van der Waals surface area contributed by atoms with E-state index in [4.69, 9.17) is 0 Å². The molecule has 13 heavy (non-hydrogen) atoms. The summed E-state index contributed by atoms with van der Waals surface area (Å²) in [6.45, 7) is 8.46. The van der Waals surface area contributed by atoms with E-state index >= 15 is 0 Å². The molecule has 0 spiro atoms. The predicted octanol–water partition coefficient (Wildman–Crippen LogP) is 3.84. The highest BCUT2D eigenvalue weighted by Crippen LogP contribution is 2.29. The first-order valence-electron chi connectivity index (χ1n) is 4.75. The van der Waals surface area contributed by atoms with Crippen molar-refractivity contribution in [3.05, 3.63) is 29.3 Å². The van der Waals surface area contributed by atoms with Crippen LogP contribution in [0.3, 0.4) is 0 Å². The van der Waals surface area contributed by atoms with E-state index in [0.717, 1.165) is 5.69 Å². The molecule has 0 aromatic heterocycles. The zero-order valence-electron chi connectivity index (χ0n) is 8.83. The van der Waals surface area contributed by atoms with Crippen molar-refractivity contribution in [3.8, 4) is 0 Å². The summed E-state index contributed by atoms with van der Waals surface area (Å²) in [5, 5.41) is 0. The standard InChI is InChI=1S/C12H17N/c1-5-13-12-10(4)7-6-8-11(12)9(2)3/h5-9H,1-4H3. The SMILES string of the molecule is CC=Nc1c(C)cccc1C(C)C. The average Bonchev–Trinajstić information content (AvgIpc) is 2.08. The van der Waals surface area contributed by atoms with Crippen LogP contribution in [0.4, 0.5) is 5.69 Å². The number of nitrogens with zero attached hydrogens (tertiary/aromatic N) is 1. The van der Waals surface area contributed by atoms with Crippen molar-refractivity contribution in [2.75, 3.05) is 0 Å². The number of benzene rings is 1. The highest BCUT2D eigenvalue weighted by Gasteiger charge is 2.06. The molecule has 0 radical (unpaired) electrons. The van der Waals surface area contributed by atoms with Gasteiger partial charge in [-0.1, -0.05) is 32.0 Å². The third-order valence-electron chi connectivity index (χ3n) is 2.15. The number of aryl methyl sites for hydroxylation is 1. The molecular weight excluding hydrogens is 158 g/mol. The molecule has 0 saturated carbocycles. The van der Waals surface area contributed by atoms with Crippen LogP contribution in [0.2, 0.25) is 0 Å². The van der Waals surface area contributed by atoms with Crippen LogP contribution in [-0.4, -0.2) is 6.21 Å². The first-order chi connectivity index (χ1) is 6.16. The second-order valence-electron chi connectivity index (χ2n) is 3.55. The monoisotopic (exact) mass is 175 g/mol. The molecular formula is C12H17N. The second kappa shape index (κ2) is 4.22. The van der Waals surface area contributed by atoms with E-state index in [-0.39, 0.29) is 0 Å². The maximum atomic E-state index is 4.40. The smallest absolute Gasteiger partial charge is 0.0689 e. The van der Waals surface area contributed by atoms with E-state index in [9.17, 15) is 0 Å². The molecule has 0 N–H and O–H groups in total. The van der Waals surface area contributed by atoms with E-state index in [2.05, 4.69) is 44.0 Å². The molecule has 1 nitrogen and oxygen atoms in total. The van der Waals surface area contributed by atoms with Gasteiger partial charge in [-0.3, -0.25) is 4.99 Å². The van der Waals surface area contributed by atoms with Gasteiger partial charge in [0.15, 0.2) is 0 Å². The molecule has 0 bridgehead atoms. The largest absolute Gasteiger partial charge is 0.261 e. The third-order valence-corrected chi connectivity index (χ3v) is 2.15. The Hall–Kier alpha value is -1.11. The Balaban J connectivity index is 3.25. The van der Waals surface area contributed by atoms with E-state index in [0.29, 0.717) is 5.92 Å². The van der Waals surface area contributed by atoms with Crippen LogP contribution in [0.15, 0.2) is 23.2 Å². The van der Waals surface area contributed by atoms with Crippen molar-refractivity contribution in [3.63, 3.8) is 0 Å². The Bertz CT molecular complexity index is 311. The van der Waals surface area contributed by atoms with Crippen molar-refractivity contribution in [2.45, 2.75) is 33.6 Å². The Morgan fingerprint density at radius 3 is 2.54 bits per heavy atom. The van der Waals surface area contributed by atoms with Crippen LogP contribution < -0.4 is 0 Å². The van der Waals surface area contributed by atoms with Gasteiger partial charge in [-0.15, -0.1) is 0 Å². The first kappa shape index (κ1) is 9.97. The van der Waals surface area contributed by atoms with E-state index in [1.807, 2.05) is 13.1 Å². The van der Waals surface area contributed by atoms with Gasteiger partial charge in [-0.25, -0.2) is 0 Å². The molecule has 0 saturated heterocycles. The molecule has 0 aliphatic heterocycles.